The second-order valence-corrected chi connectivity index (χ2v) is 8.95. The Labute approximate surface area is 160 Å². The van der Waals surface area contributed by atoms with Crippen LogP contribution in [0.1, 0.15) is 31.1 Å². The minimum Gasteiger partial charge on any atom is -0.317 e. The number of amides is 1. The van der Waals surface area contributed by atoms with Gasteiger partial charge in [-0.3, -0.25) is 4.79 Å². The van der Waals surface area contributed by atoms with Crippen LogP contribution in [0.15, 0.2) is 52.4 Å². The summed E-state index contributed by atoms with van der Waals surface area (Å²) in [5, 5.41) is 1.16. The number of halogens is 1. The zero-order valence-corrected chi connectivity index (χ0v) is 16.7. The average molecular weight is 391 g/mol. The molecule has 3 rings (SSSR count). The molecule has 0 aliphatic heterocycles. The van der Waals surface area contributed by atoms with Crippen molar-refractivity contribution in [1.82, 2.24) is 4.57 Å². The number of carbonyl (C=O) groups is 1. The molecular weight excluding hydrogens is 372 g/mol. The van der Waals surface area contributed by atoms with Crippen LogP contribution in [0.25, 0.3) is 10.2 Å². The Morgan fingerprint density at radius 2 is 2.08 bits per heavy atom. The van der Waals surface area contributed by atoms with E-state index in [9.17, 15) is 4.79 Å². The molecule has 0 aliphatic rings. The molecule has 2 aromatic carbocycles. The molecule has 1 amide bonds. The fourth-order valence-electron chi connectivity index (χ4n) is 2.56. The first kappa shape index (κ1) is 18.2. The predicted octanol–water partition coefficient (Wildman–Crippen LogP) is 5.62. The van der Waals surface area contributed by atoms with E-state index in [2.05, 4.69) is 18.8 Å². The molecule has 1 heterocycles. The van der Waals surface area contributed by atoms with Crippen LogP contribution >= 0.6 is 34.7 Å². The lowest BCUT2D eigenvalue weighted by Crippen LogP contribution is -2.15. The number of aryl methyl sites for hydroxylation is 1. The number of thiazole rings is 1. The van der Waals surface area contributed by atoms with E-state index >= 15 is 0 Å². The van der Waals surface area contributed by atoms with Crippen molar-refractivity contribution >= 4 is 50.8 Å². The molecule has 0 N–H and O–H groups in total. The number of rotatable bonds is 4. The van der Waals surface area contributed by atoms with Crippen LogP contribution < -0.4 is 4.80 Å². The van der Waals surface area contributed by atoms with Crippen LogP contribution in [0.2, 0.25) is 5.02 Å². The molecule has 3 nitrogen and oxygen atoms in total. The number of nitrogens with zero attached hydrogens (tertiary/aromatic N) is 2. The predicted molar refractivity (Wildman–Crippen MR) is 108 cm³/mol. The third-order valence-corrected chi connectivity index (χ3v) is 5.88. The molecule has 1 aromatic heterocycles. The zero-order chi connectivity index (χ0) is 18.0. The fraction of sp³-hybridized carbons (Fsp3) is 0.263. The van der Waals surface area contributed by atoms with E-state index < -0.39 is 0 Å². The summed E-state index contributed by atoms with van der Waals surface area (Å²) in [4.78, 5) is 18.8. The van der Waals surface area contributed by atoms with Gasteiger partial charge >= 0.3 is 0 Å². The molecule has 0 radical (unpaired) electrons. The topological polar surface area (TPSA) is 34.4 Å². The van der Waals surface area contributed by atoms with Crippen LogP contribution in [0.4, 0.5) is 0 Å². The molecular formula is C19H19ClN2OS2. The summed E-state index contributed by atoms with van der Waals surface area (Å²) < 4.78 is 3.08. The summed E-state index contributed by atoms with van der Waals surface area (Å²) in [6.45, 7) is 7.06. The van der Waals surface area contributed by atoms with Crippen molar-refractivity contribution < 1.29 is 4.79 Å². The number of hydrogen-bond acceptors (Lipinski definition) is 3. The lowest BCUT2D eigenvalue weighted by atomic mass is 10.2. The molecule has 0 unspecified atom stereocenters. The summed E-state index contributed by atoms with van der Waals surface area (Å²) in [6.07, 6.45) is 0. The highest BCUT2D eigenvalue weighted by atomic mass is 35.5. The van der Waals surface area contributed by atoms with E-state index in [1.807, 2.05) is 54.0 Å². The van der Waals surface area contributed by atoms with Gasteiger partial charge in [0.1, 0.15) is 0 Å². The summed E-state index contributed by atoms with van der Waals surface area (Å²) >= 11 is 9.31. The Morgan fingerprint density at radius 1 is 1.28 bits per heavy atom. The molecule has 0 atom stereocenters. The van der Waals surface area contributed by atoms with Crippen LogP contribution in [0.3, 0.4) is 0 Å². The number of hydrogen-bond donors (Lipinski definition) is 0. The third-order valence-electron chi connectivity index (χ3n) is 3.61. The highest BCUT2D eigenvalue weighted by molar-refractivity contribution is 7.99. The van der Waals surface area contributed by atoms with E-state index in [-0.39, 0.29) is 5.91 Å². The van der Waals surface area contributed by atoms with Gasteiger partial charge in [0.15, 0.2) is 4.80 Å². The first-order valence-corrected chi connectivity index (χ1v) is 10.2. The molecule has 0 saturated carbocycles. The standard InChI is InChI=1S/C19H19ClN2OS2/c1-4-22-16-9-8-14(20)11-17(16)25-19(22)21-18(23)13-6-5-7-15(10-13)24-12(2)3/h5-12H,4H2,1-3H3. The normalized spacial score (nSPS) is 12.3. The maximum Gasteiger partial charge on any atom is 0.279 e. The van der Waals surface area contributed by atoms with Crippen LogP contribution in [-0.2, 0) is 6.54 Å². The molecule has 130 valence electrons. The van der Waals surface area contributed by atoms with Gasteiger partial charge in [0.25, 0.3) is 5.91 Å². The third kappa shape index (κ3) is 4.17. The second kappa shape index (κ2) is 7.77. The van der Waals surface area contributed by atoms with Gasteiger partial charge in [-0.2, -0.15) is 4.99 Å². The molecule has 0 aliphatic carbocycles. The van der Waals surface area contributed by atoms with Crippen molar-refractivity contribution in [3.05, 3.63) is 57.9 Å². The van der Waals surface area contributed by atoms with E-state index in [0.29, 0.717) is 20.6 Å². The van der Waals surface area contributed by atoms with E-state index in [4.69, 9.17) is 11.6 Å². The maximum absolute atomic E-state index is 12.7. The summed E-state index contributed by atoms with van der Waals surface area (Å²) in [5.41, 5.74) is 1.66. The van der Waals surface area contributed by atoms with Crippen LogP contribution in [-0.4, -0.2) is 15.7 Å². The minimum atomic E-state index is -0.217. The van der Waals surface area contributed by atoms with E-state index in [0.717, 1.165) is 21.7 Å². The molecule has 0 bridgehead atoms. The van der Waals surface area contributed by atoms with Crippen molar-refractivity contribution in [3.8, 4) is 0 Å². The largest absolute Gasteiger partial charge is 0.317 e. The van der Waals surface area contributed by atoms with Gasteiger partial charge in [-0.15, -0.1) is 11.8 Å². The molecule has 0 spiro atoms. The van der Waals surface area contributed by atoms with Gasteiger partial charge in [0.05, 0.1) is 10.2 Å². The van der Waals surface area contributed by atoms with Gasteiger partial charge in [-0.05, 0) is 43.3 Å². The Hall–Kier alpha value is -1.56. The fourth-order valence-corrected chi connectivity index (χ4v) is 4.83. The highest BCUT2D eigenvalue weighted by Gasteiger charge is 2.10. The zero-order valence-electron chi connectivity index (χ0n) is 14.3. The summed E-state index contributed by atoms with van der Waals surface area (Å²) in [7, 11) is 0. The van der Waals surface area contributed by atoms with Crippen molar-refractivity contribution in [2.75, 3.05) is 0 Å². The number of aromatic nitrogens is 1. The number of thioether (sulfide) groups is 1. The minimum absolute atomic E-state index is 0.217. The quantitative estimate of drug-likeness (QED) is 0.542. The Morgan fingerprint density at radius 3 is 2.80 bits per heavy atom. The molecule has 6 heteroatoms. The van der Waals surface area contributed by atoms with Gasteiger partial charge in [-0.25, -0.2) is 0 Å². The summed E-state index contributed by atoms with van der Waals surface area (Å²) in [5.74, 6) is -0.217. The number of benzene rings is 2. The van der Waals surface area contributed by atoms with Crippen LogP contribution in [0, 0.1) is 0 Å². The van der Waals surface area contributed by atoms with Crippen molar-refractivity contribution in [1.29, 1.82) is 0 Å². The average Bonchev–Trinajstić information content (AvgIpc) is 2.90. The maximum atomic E-state index is 12.7. The van der Waals surface area contributed by atoms with Gasteiger partial charge in [0, 0.05) is 27.3 Å². The first-order valence-electron chi connectivity index (χ1n) is 8.12. The molecule has 0 saturated heterocycles. The molecule has 3 aromatic rings. The number of carbonyl (C=O) groups excluding carboxylic acids is 1. The second-order valence-electron chi connectivity index (χ2n) is 5.85. The van der Waals surface area contributed by atoms with Gasteiger partial charge in [-0.1, -0.05) is 42.9 Å². The number of fused-ring (bicyclic) bond motifs is 1. The van der Waals surface area contributed by atoms with E-state index in [1.54, 1.807) is 11.8 Å². The van der Waals surface area contributed by atoms with Crippen molar-refractivity contribution in [2.45, 2.75) is 37.5 Å². The lowest BCUT2D eigenvalue weighted by Gasteiger charge is -2.05. The summed E-state index contributed by atoms with van der Waals surface area (Å²) in [6, 6.07) is 13.4. The smallest absolute Gasteiger partial charge is 0.279 e. The molecule has 0 fully saturated rings. The van der Waals surface area contributed by atoms with Gasteiger partial charge in [0.2, 0.25) is 0 Å². The Balaban J connectivity index is 2.03. The van der Waals surface area contributed by atoms with E-state index in [1.165, 1.54) is 11.3 Å². The molecule has 25 heavy (non-hydrogen) atoms. The van der Waals surface area contributed by atoms with Crippen molar-refractivity contribution in [3.63, 3.8) is 0 Å². The van der Waals surface area contributed by atoms with Crippen molar-refractivity contribution in [2.24, 2.45) is 4.99 Å². The highest BCUT2D eigenvalue weighted by Crippen LogP contribution is 2.24. The first-order chi connectivity index (χ1) is 12.0. The van der Waals surface area contributed by atoms with Crippen LogP contribution in [0.5, 0.6) is 0 Å². The van der Waals surface area contributed by atoms with Gasteiger partial charge < -0.3 is 4.57 Å². The monoisotopic (exact) mass is 390 g/mol. The Kier molecular flexibility index (Phi) is 5.67. The Bertz CT molecular complexity index is 988. The SMILES string of the molecule is CCn1c(=NC(=O)c2cccc(SC(C)C)c2)sc2cc(Cl)ccc21. The lowest BCUT2D eigenvalue weighted by molar-refractivity contribution is 0.0997.